The molecule has 0 aliphatic rings. The van der Waals surface area contributed by atoms with Crippen molar-refractivity contribution in [2.24, 2.45) is 4.99 Å². The average Bonchev–Trinajstić information content (AvgIpc) is 2.68. The van der Waals surface area contributed by atoms with Gasteiger partial charge in [0.25, 0.3) is 5.91 Å². The number of hydrogen-bond acceptors (Lipinski definition) is 4. The van der Waals surface area contributed by atoms with Gasteiger partial charge in [0.15, 0.2) is 5.96 Å². The van der Waals surface area contributed by atoms with Gasteiger partial charge in [0.2, 0.25) is 0 Å². The van der Waals surface area contributed by atoms with E-state index in [1.807, 2.05) is 45.9 Å². The lowest BCUT2D eigenvalue weighted by Crippen LogP contribution is -2.44. The van der Waals surface area contributed by atoms with Crippen molar-refractivity contribution in [1.82, 2.24) is 20.9 Å². The van der Waals surface area contributed by atoms with Gasteiger partial charge in [-0.25, -0.2) is 4.79 Å². The molecule has 0 atom stereocenters. The first kappa shape index (κ1) is 28.0. The third-order valence-electron chi connectivity index (χ3n) is 4.05. The highest BCUT2D eigenvalue weighted by Crippen LogP contribution is 2.09. The molecule has 0 spiro atoms. The number of carbonyl (C=O) groups is 2. The molecule has 8 nitrogen and oxygen atoms in total. The van der Waals surface area contributed by atoms with Crippen LogP contribution in [0.1, 0.15) is 43.6 Å². The first-order valence-corrected chi connectivity index (χ1v) is 9.93. The maximum Gasteiger partial charge on any atom is 0.410 e. The van der Waals surface area contributed by atoms with Crippen LogP contribution in [0.2, 0.25) is 0 Å². The van der Waals surface area contributed by atoms with Crippen LogP contribution in [0.3, 0.4) is 0 Å². The van der Waals surface area contributed by atoms with Crippen LogP contribution in [-0.2, 0) is 11.2 Å². The van der Waals surface area contributed by atoms with E-state index in [1.54, 1.807) is 25.1 Å². The Morgan fingerprint density at radius 1 is 1.17 bits per heavy atom. The van der Waals surface area contributed by atoms with Crippen molar-refractivity contribution >= 4 is 41.9 Å². The van der Waals surface area contributed by atoms with Gasteiger partial charge in [0, 0.05) is 45.8 Å². The number of hydrogen-bond donors (Lipinski definition) is 3. The number of aliphatic imine (C=N–C) groups is 1. The number of ether oxygens (including phenoxy) is 1. The van der Waals surface area contributed by atoms with E-state index in [0.29, 0.717) is 37.7 Å². The molecule has 0 radical (unpaired) electrons. The van der Waals surface area contributed by atoms with Crippen LogP contribution in [0.4, 0.5) is 4.79 Å². The number of nitrogens with zero attached hydrogens (tertiary/aromatic N) is 2. The van der Waals surface area contributed by atoms with Crippen LogP contribution in [0.25, 0.3) is 0 Å². The van der Waals surface area contributed by atoms with Gasteiger partial charge < -0.3 is 25.6 Å². The maximum atomic E-state index is 12.2. The van der Waals surface area contributed by atoms with Gasteiger partial charge in [-0.15, -0.1) is 24.0 Å². The Morgan fingerprint density at radius 3 is 2.40 bits per heavy atom. The van der Waals surface area contributed by atoms with Gasteiger partial charge in [-0.3, -0.25) is 9.79 Å². The minimum Gasteiger partial charge on any atom is -0.444 e. The Bertz CT molecular complexity index is 704. The second kappa shape index (κ2) is 14.1. The summed E-state index contributed by atoms with van der Waals surface area (Å²) in [6.07, 6.45) is 0.436. The number of nitrogens with one attached hydrogen (secondary N) is 3. The van der Waals surface area contributed by atoms with Crippen LogP contribution in [-0.4, -0.2) is 68.7 Å². The summed E-state index contributed by atoms with van der Waals surface area (Å²) >= 11 is 0. The van der Waals surface area contributed by atoms with Crippen LogP contribution in [0.5, 0.6) is 0 Å². The van der Waals surface area contributed by atoms with Crippen molar-refractivity contribution in [2.75, 3.05) is 40.3 Å². The monoisotopic (exact) mass is 533 g/mol. The lowest BCUT2D eigenvalue weighted by molar-refractivity contribution is 0.0264. The van der Waals surface area contributed by atoms with Crippen molar-refractivity contribution in [3.8, 4) is 0 Å². The van der Waals surface area contributed by atoms with E-state index in [0.717, 1.165) is 12.0 Å². The van der Waals surface area contributed by atoms with Gasteiger partial charge in [0.05, 0.1) is 0 Å². The second-order valence-electron chi connectivity index (χ2n) is 7.52. The summed E-state index contributed by atoms with van der Waals surface area (Å²) in [5, 5.41) is 9.07. The summed E-state index contributed by atoms with van der Waals surface area (Å²) in [5.74, 6) is 0.565. The SMILES string of the molecule is CCN(CCNC(=NC)NCCc1cccc(C(=O)NC)c1)C(=O)OC(C)(C)C.I. The Balaban J connectivity index is 0.00000841. The van der Waals surface area contributed by atoms with Gasteiger partial charge in [-0.2, -0.15) is 0 Å². The maximum absolute atomic E-state index is 12.2. The van der Waals surface area contributed by atoms with E-state index in [2.05, 4.69) is 20.9 Å². The van der Waals surface area contributed by atoms with Crippen LogP contribution in [0.15, 0.2) is 29.3 Å². The van der Waals surface area contributed by atoms with E-state index in [1.165, 1.54) is 0 Å². The molecule has 9 heteroatoms. The summed E-state index contributed by atoms with van der Waals surface area (Å²) in [7, 11) is 3.32. The normalized spacial score (nSPS) is 11.2. The summed E-state index contributed by atoms with van der Waals surface area (Å²) in [6, 6.07) is 7.55. The minimum absolute atomic E-state index is 0. The number of rotatable bonds is 8. The van der Waals surface area contributed by atoms with Crippen molar-refractivity contribution in [1.29, 1.82) is 0 Å². The fraction of sp³-hybridized carbons (Fsp3) is 0.571. The Labute approximate surface area is 197 Å². The molecule has 0 bridgehead atoms. The molecule has 0 fully saturated rings. The minimum atomic E-state index is -0.509. The molecule has 1 aromatic rings. The zero-order chi connectivity index (χ0) is 21.9. The average molecular weight is 533 g/mol. The molecular weight excluding hydrogens is 497 g/mol. The predicted octanol–water partition coefficient (Wildman–Crippen LogP) is 2.63. The smallest absolute Gasteiger partial charge is 0.410 e. The van der Waals surface area contributed by atoms with E-state index < -0.39 is 5.60 Å². The van der Waals surface area contributed by atoms with E-state index in [4.69, 9.17) is 4.74 Å². The Morgan fingerprint density at radius 2 is 1.83 bits per heavy atom. The summed E-state index contributed by atoms with van der Waals surface area (Å²) in [6.45, 7) is 9.79. The third-order valence-corrected chi connectivity index (χ3v) is 4.05. The molecule has 30 heavy (non-hydrogen) atoms. The lowest BCUT2D eigenvalue weighted by Gasteiger charge is -2.26. The quantitative estimate of drug-likeness (QED) is 0.272. The standard InChI is InChI=1S/C21H35N5O3.HI/c1-7-26(20(28)29-21(2,3)4)14-13-25-19(23-6)24-12-11-16-9-8-10-17(15-16)18(27)22-5;/h8-10,15H,7,11-14H2,1-6H3,(H,22,27)(H2,23,24,25);1H. The molecular formula is C21H36IN5O3. The number of guanidine groups is 1. The summed E-state index contributed by atoms with van der Waals surface area (Å²) in [4.78, 5) is 29.7. The Hall–Kier alpha value is -2.04. The lowest BCUT2D eigenvalue weighted by atomic mass is 10.1. The number of amides is 2. The van der Waals surface area contributed by atoms with Gasteiger partial charge in [-0.1, -0.05) is 12.1 Å². The predicted molar refractivity (Wildman–Crippen MR) is 132 cm³/mol. The molecule has 0 aliphatic heterocycles. The van der Waals surface area contributed by atoms with Gasteiger partial charge >= 0.3 is 6.09 Å². The molecule has 0 heterocycles. The van der Waals surface area contributed by atoms with Crippen molar-refractivity contribution in [3.05, 3.63) is 35.4 Å². The first-order valence-electron chi connectivity index (χ1n) is 9.93. The van der Waals surface area contributed by atoms with Gasteiger partial charge in [-0.05, 0) is 51.8 Å². The third kappa shape index (κ3) is 10.7. The fourth-order valence-corrected chi connectivity index (χ4v) is 2.57. The van der Waals surface area contributed by atoms with Crippen molar-refractivity contribution in [2.45, 2.75) is 39.7 Å². The molecule has 0 saturated heterocycles. The largest absolute Gasteiger partial charge is 0.444 e. The molecule has 0 aliphatic carbocycles. The molecule has 1 aromatic carbocycles. The van der Waals surface area contributed by atoms with Crippen LogP contribution < -0.4 is 16.0 Å². The summed E-state index contributed by atoms with van der Waals surface area (Å²) in [5.41, 5.74) is 1.20. The van der Waals surface area contributed by atoms with Crippen molar-refractivity contribution < 1.29 is 14.3 Å². The molecule has 0 aromatic heterocycles. The Kier molecular flexibility index (Phi) is 13.1. The number of likely N-dealkylation sites (N-methyl/N-ethyl adjacent to an activating group) is 1. The molecule has 0 saturated carbocycles. The zero-order valence-electron chi connectivity index (χ0n) is 18.9. The number of carbonyl (C=O) groups excluding carboxylic acids is 2. The fourth-order valence-electron chi connectivity index (χ4n) is 2.57. The molecule has 3 N–H and O–H groups in total. The zero-order valence-corrected chi connectivity index (χ0v) is 21.2. The van der Waals surface area contributed by atoms with Crippen LogP contribution >= 0.6 is 24.0 Å². The topological polar surface area (TPSA) is 95.1 Å². The molecule has 1 rings (SSSR count). The molecule has 0 unspecified atom stereocenters. The molecule has 170 valence electrons. The second-order valence-corrected chi connectivity index (χ2v) is 7.52. The van der Waals surface area contributed by atoms with Gasteiger partial charge in [0.1, 0.15) is 5.60 Å². The first-order chi connectivity index (χ1) is 13.7. The van der Waals surface area contributed by atoms with E-state index >= 15 is 0 Å². The molecule has 2 amide bonds. The van der Waals surface area contributed by atoms with Crippen molar-refractivity contribution in [3.63, 3.8) is 0 Å². The highest BCUT2D eigenvalue weighted by atomic mass is 127. The summed E-state index contributed by atoms with van der Waals surface area (Å²) < 4.78 is 5.41. The van der Waals surface area contributed by atoms with E-state index in [9.17, 15) is 9.59 Å². The number of benzene rings is 1. The highest BCUT2D eigenvalue weighted by molar-refractivity contribution is 14.0. The van der Waals surface area contributed by atoms with Crippen LogP contribution in [0, 0.1) is 0 Å². The number of halogens is 1. The highest BCUT2D eigenvalue weighted by Gasteiger charge is 2.20. The van der Waals surface area contributed by atoms with E-state index in [-0.39, 0.29) is 36.0 Å².